The van der Waals surface area contributed by atoms with Crippen LogP contribution in [0.5, 0.6) is 0 Å². The van der Waals surface area contributed by atoms with Crippen LogP contribution < -0.4 is 28.3 Å². The molecule has 4 rings (SSSR count). The van der Waals surface area contributed by atoms with Gasteiger partial charge in [-0.25, -0.2) is 0 Å². The molecule has 41 heavy (non-hydrogen) atoms. The number of aliphatic hydroxyl groups is 6. The lowest BCUT2D eigenvalue weighted by Crippen LogP contribution is -2.66. The van der Waals surface area contributed by atoms with Gasteiger partial charge in [0, 0.05) is 38.0 Å². The van der Waals surface area contributed by atoms with Crippen molar-refractivity contribution in [2.75, 3.05) is 26.3 Å². The lowest BCUT2D eigenvalue weighted by Gasteiger charge is -2.48. The number of hydrogen-bond donors (Lipinski definition) is 11. The zero-order valence-electron chi connectivity index (χ0n) is 23.0. The third kappa shape index (κ3) is 7.25. The van der Waals surface area contributed by atoms with E-state index < -0.39 is 97.3 Å². The molecule has 2 aliphatic heterocycles. The first-order chi connectivity index (χ1) is 19.4. The van der Waals surface area contributed by atoms with E-state index in [1.54, 1.807) is 0 Å². The normalized spacial score (nSPS) is 48.6. The van der Waals surface area contributed by atoms with Crippen LogP contribution in [0.15, 0.2) is 0 Å². The SMILES string of the molecule is NC1CC1(O)C(=O)C[C@@H]1C[C@H](N)C(O[C@H]2O[C@H](CNCCO)CC[C@H]2N)[C@H](O)[C@H]1O[C@H]1O[C@H](CO)[C@@H](O)[C@H](N)[C@H]1O. The number of aliphatic hydroxyl groups excluding tert-OH is 5. The van der Waals surface area contributed by atoms with Gasteiger partial charge < -0.3 is 77.8 Å². The van der Waals surface area contributed by atoms with Gasteiger partial charge in [0.1, 0.15) is 36.1 Å². The van der Waals surface area contributed by atoms with Gasteiger partial charge in [-0.3, -0.25) is 4.79 Å². The Morgan fingerprint density at radius 1 is 0.927 bits per heavy atom. The number of ether oxygens (including phenoxy) is 4. The van der Waals surface area contributed by atoms with E-state index >= 15 is 0 Å². The predicted octanol–water partition coefficient (Wildman–Crippen LogP) is -5.93. The lowest BCUT2D eigenvalue weighted by molar-refractivity contribution is -0.318. The number of Topliss-reactive ketones (excluding diaryl/α,β-unsaturated/α-hetero) is 1. The molecule has 0 aromatic heterocycles. The Morgan fingerprint density at radius 2 is 1.61 bits per heavy atom. The van der Waals surface area contributed by atoms with E-state index in [2.05, 4.69) is 5.32 Å². The number of carbonyl (C=O) groups is 1. The molecular formula is C25H47N5O11. The van der Waals surface area contributed by atoms with Gasteiger partial charge in [0.2, 0.25) is 0 Å². The Hall–Kier alpha value is -0.930. The quantitative estimate of drug-likeness (QED) is 0.0939. The Labute approximate surface area is 238 Å². The highest BCUT2D eigenvalue weighted by atomic mass is 16.7. The molecule has 0 aromatic carbocycles. The topological polar surface area (TPSA) is 291 Å². The molecule has 0 radical (unpaired) electrons. The van der Waals surface area contributed by atoms with E-state index in [0.29, 0.717) is 25.9 Å². The minimum atomic E-state index is -1.66. The summed E-state index contributed by atoms with van der Waals surface area (Å²) in [5.41, 5.74) is 22.7. The van der Waals surface area contributed by atoms with Crippen LogP contribution in [-0.4, -0.2) is 148 Å². The molecule has 2 aliphatic carbocycles. The number of carbonyl (C=O) groups excluding carboxylic acids is 1. The summed E-state index contributed by atoms with van der Waals surface area (Å²) in [6.07, 6.45) is -9.20. The first kappa shape index (κ1) is 33.0. The van der Waals surface area contributed by atoms with Gasteiger partial charge in [-0.05, 0) is 25.2 Å². The molecule has 2 heterocycles. The fourth-order valence-corrected chi connectivity index (χ4v) is 5.96. The molecular weight excluding hydrogens is 546 g/mol. The third-order valence-corrected chi connectivity index (χ3v) is 8.73. The van der Waals surface area contributed by atoms with Crippen molar-refractivity contribution in [3.05, 3.63) is 0 Å². The number of ketones is 1. The van der Waals surface area contributed by atoms with Crippen LogP contribution in [0.3, 0.4) is 0 Å². The highest BCUT2D eigenvalue weighted by Crippen LogP contribution is 2.41. The summed E-state index contributed by atoms with van der Waals surface area (Å²) in [5.74, 6) is -1.27. The zero-order valence-corrected chi connectivity index (χ0v) is 23.0. The Morgan fingerprint density at radius 3 is 2.24 bits per heavy atom. The molecule has 15 atom stereocenters. The smallest absolute Gasteiger partial charge is 0.186 e. The Bertz CT molecular complexity index is 876. The average Bonchev–Trinajstić information content (AvgIpc) is 3.57. The van der Waals surface area contributed by atoms with Gasteiger partial charge >= 0.3 is 0 Å². The molecule has 4 aliphatic rings. The van der Waals surface area contributed by atoms with Crippen LogP contribution in [0.4, 0.5) is 0 Å². The first-order valence-electron chi connectivity index (χ1n) is 14.3. The van der Waals surface area contributed by atoms with Crippen molar-refractivity contribution in [1.29, 1.82) is 0 Å². The fourth-order valence-electron chi connectivity index (χ4n) is 5.96. The summed E-state index contributed by atoms with van der Waals surface area (Å²) < 4.78 is 23.8. The molecule has 0 bridgehead atoms. The molecule has 3 unspecified atom stereocenters. The van der Waals surface area contributed by atoms with Crippen LogP contribution in [0, 0.1) is 5.92 Å². The summed E-state index contributed by atoms with van der Waals surface area (Å²) >= 11 is 0. The number of rotatable bonds is 12. The van der Waals surface area contributed by atoms with Crippen LogP contribution in [-0.2, 0) is 23.7 Å². The van der Waals surface area contributed by atoms with Crippen LogP contribution in [0.1, 0.15) is 32.1 Å². The molecule has 238 valence electrons. The Balaban J connectivity index is 1.51. The van der Waals surface area contributed by atoms with Crippen molar-refractivity contribution < 1.29 is 54.4 Å². The van der Waals surface area contributed by atoms with Crippen molar-refractivity contribution in [2.45, 2.75) is 117 Å². The molecule has 4 fully saturated rings. The van der Waals surface area contributed by atoms with E-state index in [-0.39, 0.29) is 32.0 Å². The van der Waals surface area contributed by atoms with Crippen molar-refractivity contribution in [3.63, 3.8) is 0 Å². The molecule has 15 N–H and O–H groups in total. The van der Waals surface area contributed by atoms with Gasteiger partial charge in [-0.2, -0.15) is 0 Å². The summed E-state index contributed by atoms with van der Waals surface area (Å²) in [4.78, 5) is 12.9. The summed E-state index contributed by atoms with van der Waals surface area (Å²) in [5, 5.41) is 64.6. The second kappa shape index (κ2) is 13.8. The first-order valence-corrected chi connectivity index (χ1v) is 14.3. The molecule has 16 heteroatoms. The van der Waals surface area contributed by atoms with Crippen LogP contribution in [0.2, 0.25) is 0 Å². The van der Waals surface area contributed by atoms with E-state index in [4.69, 9.17) is 47.0 Å². The lowest BCUT2D eigenvalue weighted by atomic mass is 9.76. The van der Waals surface area contributed by atoms with E-state index in [0.717, 1.165) is 0 Å². The molecule has 0 aromatic rings. The van der Waals surface area contributed by atoms with E-state index in [9.17, 15) is 30.3 Å². The summed E-state index contributed by atoms with van der Waals surface area (Å²) in [7, 11) is 0. The van der Waals surface area contributed by atoms with Gasteiger partial charge in [0.05, 0.1) is 37.5 Å². The van der Waals surface area contributed by atoms with Gasteiger partial charge in [0.25, 0.3) is 0 Å². The third-order valence-electron chi connectivity index (χ3n) is 8.73. The van der Waals surface area contributed by atoms with Gasteiger partial charge in [0.15, 0.2) is 18.4 Å². The maximum Gasteiger partial charge on any atom is 0.186 e. The predicted molar refractivity (Wildman–Crippen MR) is 141 cm³/mol. The second-order valence-corrected chi connectivity index (χ2v) is 11.8. The molecule has 2 saturated carbocycles. The summed E-state index contributed by atoms with van der Waals surface area (Å²) in [6, 6.07) is -3.22. The minimum absolute atomic E-state index is 0.0218. The fraction of sp³-hybridized carbons (Fsp3) is 0.960. The number of nitrogens with two attached hydrogens (primary N) is 4. The highest BCUT2D eigenvalue weighted by molar-refractivity contribution is 5.91. The van der Waals surface area contributed by atoms with Crippen molar-refractivity contribution in [2.24, 2.45) is 28.9 Å². The maximum atomic E-state index is 12.9. The second-order valence-electron chi connectivity index (χ2n) is 11.8. The molecule has 16 nitrogen and oxygen atoms in total. The maximum absolute atomic E-state index is 12.9. The highest BCUT2D eigenvalue weighted by Gasteiger charge is 2.58. The van der Waals surface area contributed by atoms with Crippen molar-refractivity contribution in [1.82, 2.24) is 5.32 Å². The molecule has 0 spiro atoms. The summed E-state index contributed by atoms with van der Waals surface area (Å²) in [6.45, 7) is 0.230. The minimum Gasteiger partial charge on any atom is -0.395 e. The standard InChI is InChI=1S/C25H47N5O11/c26-12-2-1-11(8-30-3-4-31)38-23(12)41-22-13(27)5-10(6-16(33)25(37)7-15(25)28)21(20(22)36)40-24-19(35)17(29)18(34)14(9-32)39-24/h10-15,17-24,30-32,34-37H,1-9,26-29H2/t10-,11-,12+,13-,14+,15?,17-,18+,19+,20+,21-,22?,23+,24+,25?/m0/s1. The zero-order chi connectivity index (χ0) is 30.1. The van der Waals surface area contributed by atoms with Gasteiger partial charge in [-0.1, -0.05) is 0 Å². The van der Waals surface area contributed by atoms with E-state index in [1.165, 1.54) is 0 Å². The molecule has 2 saturated heterocycles. The van der Waals surface area contributed by atoms with Gasteiger partial charge in [-0.15, -0.1) is 0 Å². The van der Waals surface area contributed by atoms with Crippen molar-refractivity contribution in [3.8, 4) is 0 Å². The van der Waals surface area contributed by atoms with E-state index in [1.807, 2.05) is 0 Å². The number of hydrogen-bond acceptors (Lipinski definition) is 16. The Kier molecular flexibility index (Phi) is 11.1. The average molecular weight is 594 g/mol. The monoisotopic (exact) mass is 593 g/mol. The van der Waals surface area contributed by atoms with Crippen LogP contribution in [0.25, 0.3) is 0 Å². The van der Waals surface area contributed by atoms with Crippen molar-refractivity contribution >= 4 is 5.78 Å². The molecule has 0 amide bonds. The van der Waals surface area contributed by atoms with Crippen LogP contribution >= 0.6 is 0 Å². The number of nitrogens with one attached hydrogen (secondary N) is 1. The largest absolute Gasteiger partial charge is 0.395 e.